The smallest absolute Gasteiger partial charge is 0.259 e. The van der Waals surface area contributed by atoms with Crippen LogP contribution in [0.3, 0.4) is 0 Å². The van der Waals surface area contributed by atoms with E-state index in [1.807, 2.05) is 0 Å². The van der Waals surface area contributed by atoms with E-state index in [4.69, 9.17) is 4.52 Å². The third-order valence-electron chi connectivity index (χ3n) is 4.98. The van der Waals surface area contributed by atoms with Crippen LogP contribution < -0.4 is 4.72 Å². The summed E-state index contributed by atoms with van der Waals surface area (Å²) in [6.45, 7) is 1.43. The minimum atomic E-state index is -3.85. The summed E-state index contributed by atoms with van der Waals surface area (Å²) < 4.78 is 47.1. The van der Waals surface area contributed by atoms with Crippen molar-refractivity contribution in [1.29, 1.82) is 0 Å². The Morgan fingerprint density at radius 2 is 2.00 bits per heavy atom. The molecule has 31 heavy (non-hydrogen) atoms. The monoisotopic (exact) mass is 444 g/mol. The molecule has 3 aromatic rings. The van der Waals surface area contributed by atoms with Gasteiger partial charge in [-0.25, -0.2) is 17.5 Å². The first-order chi connectivity index (χ1) is 14.9. The number of likely N-dealkylation sites (tertiary alicyclic amines) is 1. The fourth-order valence-corrected chi connectivity index (χ4v) is 4.72. The molecule has 2 aromatic carbocycles. The summed E-state index contributed by atoms with van der Waals surface area (Å²) in [5.41, 5.74) is 0.671. The number of benzene rings is 2. The molecule has 0 radical (unpaired) electrons. The lowest BCUT2D eigenvalue weighted by Crippen LogP contribution is -2.30. The summed E-state index contributed by atoms with van der Waals surface area (Å²) in [5, 5.41) is 3.85. The van der Waals surface area contributed by atoms with Crippen molar-refractivity contribution in [3.8, 4) is 22.8 Å². The van der Waals surface area contributed by atoms with Crippen molar-refractivity contribution in [2.45, 2.75) is 24.2 Å². The van der Waals surface area contributed by atoms with Gasteiger partial charge in [-0.05, 0) is 37.1 Å². The van der Waals surface area contributed by atoms with Gasteiger partial charge < -0.3 is 9.42 Å². The molecule has 0 aliphatic carbocycles. The minimum absolute atomic E-state index is 0.00157. The van der Waals surface area contributed by atoms with Gasteiger partial charge in [0, 0.05) is 31.6 Å². The van der Waals surface area contributed by atoms with Gasteiger partial charge >= 0.3 is 0 Å². The first-order valence-electron chi connectivity index (χ1n) is 9.90. The van der Waals surface area contributed by atoms with Crippen molar-refractivity contribution in [3.63, 3.8) is 0 Å². The normalized spacial score (nSPS) is 14.4. The first kappa shape index (κ1) is 21.1. The molecule has 8 nitrogen and oxygen atoms in total. The molecular formula is C21H21FN4O4S. The first-order valence-corrected chi connectivity index (χ1v) is 11.4. The predicted octanol–water partition coefficient (Wildman–Crippen LogP) is 2.83. The fraction of sp³-hybridized carbons (Fsp3) is 0.286. The molecule has 162 valence electrons. The van der Waals surface area contributed by atoms with Crippen molar-refractivity contribution in [2.24, 2.45) is 0 Å². The van der Waals surface area contributed by atoms with Crippen LogP contribution in [0.2, 0.25) is 0 Å². The molecule has 0 saturated carbocycles. The number of aromatic nitrogens is 2. The highest BCUT2D eigenvalue weighted by molar-refractivity contribution is 7.89. The van der Waals surface area contributed by atoms with Crippen LogP contribution >= 0.6 is 0 Å². The molecule has 1 amide bonds. The Balaban J connectivity index is 1.49. The topological polar surface area (TPSA) is 105 Å². The van der Waals surface area contributed by atoms with Crippen LogP contribution in [0.15, 0.2) is 57.9 Å². The van der Waals surface area contributed by atoms with Gasteiger partial charge in [0.15, 0.2) is 0 Å². The van der Waals surface area contributed by atoms with E-state index in [9.17, 15) is 17.6 Å². The third-order valence-corrected chi connectivity index (χ3v) is 6.50. The fourth-order valence-electron chi connectivity index (χ4n) is 3.45. The molecule has 0 spiro atoms. The average Bonchev–Trinajstić information content (AvgIpc) is 3.41. The van der Waals surface area contributed by atoms with Crippen LogP contribution in [0.25, 0.3) is 22.8 Å². The van der Waals surface area contributed by atoms with Gasteiger partial charge in [0.1, 0.15) is 5.82 Å². The van der Waals surface area contributed by atoms with Gasteiger partial charge in [0.05, 0.1) is 10.5 Å². The number of halogens is 1. The minimum Gasteiger partial charge on any atom is -0.343 e. The zero-order chi connectivity index (χ0) is 21.8. The Morgan fingerprint density at radius 3 is 2.77 bits per heavy atom. The molecule has 0 atom stereocenters. The van der Waals surface area contributed by atoms with E-state index in [1.54, 1.807) is 29.2 Å². The number of carbonyl (C=O) groups excluding carboxylic acids is 1. The highest BCUT2D eigenvalue weighted by Crippen LogP contribution is 2.28. The van der Waals surface area contributed by atoms with E-state index in [1.165, 1.54) is 24.3 Å². The summed E-state index contributed by atoms with van der Waals surface area (Å²) in [5.74, 6) is -0.154. The number of nitrogens with one attached hydrogen (secondary N) is 1. The summed E-state index contributed by atoms with van der Waals surface area (Å²) in [7, 11) is -3.85. The van der Waals surface area contributed by atoms with Crippen molar-refractivity contribution >= 4 is 15.9 Å². The van der Waals surface area contributed by atoms with Crippen LogP contribution in [0, 0.1) is 5.82 Å². The summed E-state index contributed by atoms with van der Waals surface area (Å²) in [6.07, 6.45) is 1.91. The van der Waals surface area contributed by atoms with Gasteiger partial charge in [-0.2, -0.15) is 4.98 Å². The summed E-state index contributed by atoms with van der Waals surface area (Å²) in [4.78, 5) is 17.6. The molecule has 1 saturated heterocycles. The zero-order valence-electron chi connectivity index (χ0n) is 16.6. The van der Waals surface area contributed by atoms with Gasteiger partial charge in [0.2, 0.25) is 21.8 Å². The quantitative estimate of drug-likeness (QED) is 0.536. The second kappa shape index (κ2) is 8.94. The third kappa shape index (κ3) is 4.80. The predicted molar refractivity (Wildman–Crippen MR) is 111 cm³/mol. The van der Waals surface area contributed by atoms with E-state index in [-0.39, 0.29) is 34.6 Å². The number of hydrogen-bond acceptors (Lipinski definition) is 6. The molecular weight excluding hydrogens is 423 g/mol. The van der Waals surface area contributed by atoms with Crippen LogP contribution in [0.5, 0.6) is 0 Å². The Bertz CT molecular complexity index is 1200. The molecule has 1 aliphatic heterocycles. The summed E-state index contributed by atoms with van der Waals surface area (Å²) >= 11 is 0. The maximum Gasteiger partial charge on any atom is 0.259 e. The highest BCUT2D eigenvalue weighted by Gasteiger charge is 2.23. The Hall–Kier alpha value is -3.11. The second-order valence-electron chi connectivity index (χ2n) is 7.17. The molecule has 2 heterocycles. The van der Waals surface area contributed by atoms with E-state index in [2.05, 4.69) is 14.9 Å². The Morgan fingerprint density at radius 1 is 1.16 bits per heavy atom. The van der Waals surface area contributed by atoms with Crippen molar-refractivity contribution < 1.29 is 22.1 Å². The van der Waals surface area contributed by atoms with Crippen LogP contribution in [-0.4, -0.2) is 49.0 Å². The lowest BCUT2D eigenvalue weighted by molar-refractivity contribution is -0.127. The molecule has 0 unspecified atom stereocenters. The number of amides is 1. The van der Waals surface area contributed by atoms with Gasteiger partial charge in [-0.3, -0.25) is 4.79 Å². The molecule has 1 aromatic heterocycles. The standard InChI is InChI=1S/C21H21FN4O4S/c22-16-7-3-6-15(14-16)20-24-21(30-25-20)17-8-1-2-9-18(17)31(28,29)23-11-5-13-26-12-4-10-19(26)27/h1-3,6-9,14,23H,4-5,10-13H2. The van der Waals surface area contributed by atoms with E-state index in [0.717, 1.165) is 13.0 Å². The number of carbonyl (C=O) groups is 1. The zero-order valence-corrected chi connectivity index (χ0v) is 17.4. The molecule has 1 N–H and O–H groups in total. The lowest BCUT2D eigenvalue weighted by Gasteiger charge is -2.15. The largest absolute Gasteiger partial charge is 0.343 e. The molecule has 4 rings (SSSR count). The van der Waals surface area contributed by atoms with E-state index >= 15 is 0 Å². The molecule has 1 aliphatic rings. The van der Waals surface area contributed by atoms with Gasteiger partial charge in [-0.1, -0.05) is 29.4 Å². The number of hydrogen-bond donors (Lipinski definition) is 1. The maximum absolute atomic E-state index is 13.5. The van der Waals surface area contributed by atoms with Crippen LogP contribution in [0.1, 0.15) is 19.3 Å². The van der Waals surface area contributed by atoms with Crippen LogP contribution in [0.4, 0.5) is 4.39 Å². The second-order valence-corrected chi connectivity index (χ2v) is 8.90. The number of rotatable bonds is 8. The van der Waals surface area contributed by atoms with E-state index in [0.29, 0.717) is 24.9 Å². The molecule has 10 heteroatoms. The van der Waals surface area contributed by atoms with Crippen molar-refractivity contribution in [3.05, 3.63) is 54.3 Å². The Kier molecular flexibility index (Phi) is 6.10. The molecule has 0 bridgehead atoms. The number of sulfonamides is 1. The van der Waals surface area contributed by atoms with Crippen molar-refractivity contribution in [1.82, 2.24) is 19.8 Å². The highest BCUT2D eigenvalue weighted by atomic mass is 32.2. The summed E-state index contributed by atoms with van der Waals surface area (Å²) in [6, 6.07) is 12.0. The van der Waals surface area contributed by atoms with Crippen molar-refractivity contribution in [2.75, 3.05) is 19.6 Å². The average molecular weight is 444 g/mol. The SMILES string of the molecule is O=C1CCCN1CCCNS(=O)(=O)c1ccccc1-c1nc(-c2cccc(F)c2)no1. The Labute approximate surface area is 179 Å². The van der Waals surface area contributed by atoms with Crippen LogP contribution in [-0.2, 0) is 14.8 Å². The van der Waals surface area contributed by atoms with Gasteiger partial charge in [-0.15, -0.1) is 0 Å². The van der Waals surface area contributed by atoms with E-state index < -0.39 is 15.8 Å². The maximum atomic E-state index is 13.5. The number of nitrogens with zero attached hydrogens (tertiary/aromatic N) is 3. The van der Waals surface area contributed by atoms with Gasteiger partial charge in [0.25, 0.3) is 5.89 Å². The molecule has 1 fully saturated rings. The lowest BCUT2D eigenvalue weighted by atomic mass is 10.2.